The van der Waals surface area contributed by atoms with Gasteiger partial charge < -0.3 is 10.2 Å². The van der Waals surface area contributed by atoms with E-state index in [0.717, 1.165) is 37.4 Å². The minimum absolute atomic E-state index is 0.485. The normalized spacial score (nSPS) is 11.3. The summed E-state index contributed by atoms with van der Waals surface area (Å²) in [4.78, 5) is 7.20. The molecule has 0 fully saturated rings. The van der Waals surface area contributed by atoms with Gasteiger partial charge in [0.1, 0.15) is 5.82 Å². The van der Waals surface area contributed by atoms with Gasteiger partial charge in [-0.25, -0.2) is 4.98 Å². The van der Waals surface area contributed by atoms with Crippen LogP contribution in [0.2, 0.25) is 0 Å². The number of rotatable bonds is 7. The third kappa shape index (κ3) is 3.94. The first-order chi connectivity index (χ1) is 10.2. The molecule has 3 nitrogen and oxygen atoms in total. The largest absolute Gasteiger partial charge is 0.357 e. The Kier molecular flexibility index (Phi) is 5.57. The van der Waals surface area contributed by atoms with Crippen LogP contribution in [0.3, 0.4) is 0 Å². The molecule has 21 heavy (non-hydrogen) atoms. The number of anilines is 1. The lowest BCUT2D eigenvalue weighted by Gasteiger charge is -2.23. The van der Waals surface area contributed by atoms with E-state index in [1.54, 1.807) is 0 Å². The van der Waals surface area contributed by atoms with E-state index >= 15 is 0 Å². The predicted octanol–water partition coefficient (Wildman–Crippen LogP) is 3.97. The monoisotopic (exact) mass is 285 g/mol. The molecule has 0 radical (unpaired) electrons. The first-order valence-electron chi connectivity index (χ1n) is 8.02. The van der Waals surface area contributed by atoms with Crippen molar-refractivity contribution in [2.45, 2.75) is 46.7 Å². The minimum atomic E-state index is 0.485. The SMILES string of the molecule is CCCN(CC)c1cc(CNC(C)C)c2ccccc2n1. The third-order valence-electron chi connectivity index (χ3n) is 3.69. The maximum atomic E-state index is 4.85. The van der Waals surface area contributed by atoms with E-state index in [4.69, 9.17) is 4.98 Å². The quantitative estimate of drug-likeness (QED) is 0.834. The molecule has 0 aliphatic carbocycles. The topological polar surface area (TPSA) is 28.2 Å². The highest BCUT2D eigenvalue weighted by molar-refractivity contribution is 5.84. The van der Waals surface area contributed by atoms with Crippen LogP contribution < -0.4 is 10.2 Å². The zero-order chi connectivity index (χ0) is 15.2. The van der Waals surface area contributed by atoms with Crippen LogP contribution in [0.25, 0.3) is 10.9 Å². The van der Waals surface area contributed by atoms with Crippen molar-refractivity contribution < 1.29 is 0 Å². The molecular weight excluding hydrogens is 258 g/mol. The highest BCUT2D eigenvalue weighted by atomic mass is 15.2. The number of aromatic nitrogens is 1. The molecule has 114 valence electrons. The average molecular weight is 285 g/mol. The van der Waals surface area contributed by atoms with Gasteiger partial charge in [0.25, 0.3) is 0 Å². The van der Waals surface area contributed by atoms with Gasteiger partial charge in [-0.15, -0.1) is 0 Å². The van der Waals surface area contributed by atoms with Crippen molar-refractivity contribution in [3.05, 3.63) is 35.9 Å². The van der Waals surface area contributed by atoms with Crippen LogP contribution in [0.4, 0.5) is 5.82 Å². The number of hydrogen-bond donors (Lipinski definition) is 1. The maximum absolute atomic E-state index is 4.85. The van der Waals surface area contributed by atoms with Crippen molar-refractivity contribution in [3.8, 4) is 0 Å². The number of benzene rings is 1. The maximum Gasteiger partial charge on any atom is 0.129 e. The Bertz CT molecular complexity index is 578. The Morgan fingerprint density at radius 3 is 2.62 bits per heavy atom. The van der Waals surface area contributed by atoms with Crippen molar-refractivity contribution in [2.75, 3.05) is 18.0 Å². The molecule has 1 aromatic carbocycles. The highest BCUT2D eigenvalue weighted by Crippen LogP contribution is 2.23. The third-order valence-corrected chi connectivity index (χ3v) is 3.69. The second kappa shape index (κ2) is 7.41. The standard InChI is InChI=1S/C18H27N3/c1-5-11-21(6-2)18-12-15(13-19-14(3)4)16-9-7-8-10-17(16)20-18/h7-10,12,14,19H,5-6,11,13H2,1-4H3. The smallest absolute Gasteiger partial charge is 0.129 e. The van der Waals surface area contributed by atoms with E-state index in [9.17, 15) is 0 Å². The Labute approximate surface area is 128 Å². The van der Waals surface area contributed by atoms with Crippen LogP contribution in [0, 0.1) is 0 Å². The minimum Gasteiger partial charge on any atom is -0.357 e. The lowest BCUT2D eigenvalue weighted by atomic mass is 10.1. The molecule has 1 heterocycles. The van der Waals surface area contributed by atoms with E-state index in [-0.39, 0.29) is 0 Å². The highest BCUT2D eigenvalue weighted by Gasteiger charge is 2.10. The van der Waals surface area contributed by atoms with Gasteiger partial charge in [-0.2, -0.15) is 0 Å². The van der Waals surface area contributed by atoms with Crippen LogP contribution in [0.1, 0.15) is 39.7 Å². The molecule has 0 aliphatic heterocycles. The Morgan fingerprint density at radius 2 is 1.95 bits per heavy atom. The summed E-state index contributed by atoms with van der Waals surface area (Å²) in [6, 6.07) is 11.2. The lowest BCUT2D eigenvalue weighted by Crippen LogP contribution is -2.26. The lowest BCUT2D eigenvalue weighted by molar-refractivity contribution is 0.590. The van der Waals surface area contributed by atoms with Gasteiger partial charge in [0.2, 0.25) is 0 Å². The second-order valence-corrected chi connectivity index (χ2v) is 5.77. The van der Waals surface area contributed by atoms with E-state index < -0.39 is 0 Å². The molecule has 0 saturated carbocycles. The number of hydrogen-bond acceptors (Lipinski definition) is 3. The van der Waals surface area contributed by atoms with E-state index in [1.807, 2.05) is 0 Å². The van der Waals surface area contributed by atoms with E-state index in [2.05, 4.69) is 68.2 Å². The summed E-state index contributed by atoms with van der Waals surface area (Å²) < 4.78 is 0. The number of nitrogens with zero attached hydrogens (tertiary/aromatic N) is 2. The number of para-hydroxylation sites is 1. The molecular formula is C18H27N3. The van der Waals surface area contributed by atoms with Crippen LogP contribution in [-0.2, 0) is 6.54 Å². The molecule has 1 N–H and O–H groups in total. The van der Waals surface area contributed by atoms with Gasteiger partial charge in [-0.1, -0.05) is 39.0 Å². The van der Waals surface area contributed by atoms with Crippen molar-refractivity contribution >= 4 is 16.7 Å². The molecule has 0 unspecified atom stereocenters. The molecule has 0 amide bonds. The molecule has 1 aromatic heterocycles. The summed E-state index contributed by atoms with van der Waals surface area (Å²) in [6.45, 7) is 11.7. The van der Waals surface area contributed by atoms with E-state index in [0.29, 0.717) is 6.04 Å². The zero-order valence-electron chi connectivity index (χ0n) is 13.7. The van der Waals surface area contributed by atoms with Gasteiger partial charge in [0, 0.05) is 31.1 Å². The number of fused-ring (bicyclic) bond motifs is 1. The fourth-order valence-corrected chi connectivity index (χ4v) is 2.56. The fourth-order valence-electron chi connectivity index (χ4n) is 2.56. The van der Waals surface area contributed by atoms with Crippen LogP contribution in [0.15, 0.2) is 30.3 Å². The fraction of sp³-hybridized carbons (Fsp3) is 0.500. The molecule has 3 heteroatoms. The molecule has 2 aromatic rings. The second-order valence-electron chi connectivity index (χ2n) is 5.77. The summed E-state index contributed by atoms with van der Waals surface area (Å²) >= 11 is 0. The summed E-state index contributed by atoms with van der Waals surface area (Å²) in [5.41, 5.74) is 2.42. The Hall–Kier alpha value is -1.61. The van der Waals surface area contributed by atoms with Gasteiger partial charge in [-0.05, 0) is 31.0 Å². The van der Waals surface area contributed by atoms with Gasteiger partial charge in [0.05, 0.1) is 5.52 Å². The Morgan fingerprint density at radius 1 is 1.19 bits per heavy atom. The molecule has 0 aliphatic rings. The number of pyridine rings is 1. The molecule has 0 bridgehead atoms. The Balaban J connectivity index is 2.43. The first kappa shape index (κ1) is 15.8. The van der Waals surface area contributed by atoms with Gasteiger partial charge >= 0.3 is 0 Å². The molecule has 0 spiro atoms. The van der Waals surface area contributed by atoms with Crippen molar-refractivity contribution in [1.82, 2.24) is 10.3 Å². The summed E-state index contributed by atoms with van der Waals surface area (Å²) in [5.74, 6) is 1.10. The summed E-state index contributed by atoms with van der Waals surface area (Å²) in [5, 5.41) is 4.78. The number of nitrogens with one attached hydrogen (secondary N) is 1. The molecule has 2 rings (SSSR count). The summed E-state index contributed by atoms with van der Waals surface area (Å²) in [6.07, 6.45) is 1.14. The van der Waals surface area contributed by atoms with Gasteiger partial charge in [0.15, 0.2) is 0 Å². The predicted molar refractivity (Wildman–Crippen MR) is 91.9 cm³/mol. The van der Waals surface area contributed by atoms with Crippen LogP contribution in [-0.4, -0.2) is 24.1 Å². The van der Waals surface area contributed by atoms with Crippen LogP contribution >= 0.6 is 0 Å². The van der Waals surface area contributed by atoms with Crippen molar-refractivity contribution in [3.63, 3.8) is 0 Å². The molecule has 0 atom stereocenters. The zero-order valence-corrected chi connectivity index (χ0v) is 13.7. The van der Waals surface area contributed by atoms with Crippen molar-refractivity contribution in [1.29, 1.82) is 0 Å². The summed E-state index contributed by atoms with van der Waals surface area (Å²) in [7, 11) is 0. The first-order valence-corrected chi connectivity index (χ1v) is 8.02. The van der Waals surface area contributed by atoms with Gasteiger partial charge in [-0.3, -0.25) is 0 Å². The van der Waals surface area contributed by atoms with Crippen LogP contribution in [0.5, 0.6) is 0 Å². The average Bonchev–Trinajstić information content (AvgIpc) is 2.49. The van der Waals surface area contributed by atoms with Crippen molar-refractivity contribution in [2.24, 2.45) is 0 Å². The van der Waals surface area contributed by atoms with E-state index in [1.165, 1.54) is 10.9 Å². The molecule has 0 saturated heterocycles.